The molecule has 2 aliphatic rings. The summed E-state index contributed by atoms with van der Waals surface area (Å²) in [6, 6.07) is 6.15. The Morgan fingerprint density at radius 1 is 1.48 bits per heavy atom. The van der Waals surface area contributed by atoms with E-state index in [1.54, 1.807) is 7.11 Å². The molecule has 0 aromatic heterocycles. The van der Waals surface area contributed by atoms with Gasteiger partial charge in [-0.2, -0.15) is 11.8 Å². The van der Waals surface area contributed by atoms with Crippen LogP contribution in [0, 0.1) is 6.92 Å². The summed E-state index contributed by atoms with van der Waals surface area (Å²) in [5, 5.41) is 3.93. The fourth-order valence-corrected chi connectivity index (χ4v) is 4.39. The van der Waals surface area contributed by atoms with Crippen molar-refractivity contribution in [3.8, 4) is 5.75 Å². The molecule has 2 heterocycles. The molecule has 2 saturated heterocycles. The van der Waals surface area contributed by atoms with Crippen molar-refractivity contribution in [2.24, 2.45) is 0 Å². The van der Waals surface area contributed by atoms with Gasteiger partial charge in [0.2, 0.25) is 5.91 Å². The van der Waals surface area contributed by atoms with Crippen molar-refractivity contribution in [1.82, 2.24) is 10.2 Å². The molecule has 2 atom stereocenters. The van der Waals surface area contributed by atoms with Crippen LogP contribution in [0.15, 0.2) is 18.2 Å². The zero-order valence-corrected chi connectivity index (χ0v) is 13.4. The summed E-state index contributed by atoms with van der Waals surface area (Å²) in [6.45, 7) is 3.33. The van der Waals surface area contributed by atoms with E-state index in [0.29, 0.717) is 11.8 Å². The van der Waals surface area contributed by atoms with Crippen LogP contribution >= 0.6 is 11.8 Å². The third kappa shape index (κ3) is 3.04. The SMILES string of the molecule is COc1ccc(C2NCC(=O)N2CC2CCCS2)cc1C. The highest BCUT2D eigenvalue weighted by Crippen LogP contribution is 2.32. The van der Waals surface area contributed by atoms with Crippen LogP contribution < -0.4 is 10.1 Å². The van der Waals surface area contributed by atoms with Gasteiger partial charge in [-0.3, -0.25) is 10.1 Å². The molecule has 1 N–H and O–H groups in total. The fourth-order valence-electron chi connectivity index (χ4n) is 3.12. The molecule has 1 aromatic carbocycles. The van der Waals surface area contributed by atoms with E-state index in [0.717, 1.165) is 23.4 Å². The highest BCUT2D eigenvalue weighted by Gasteiger charge is 2.34. The lowest BCUT2D eigenvalue weighted by Crippen LogP contribution is -2.35. The summed E-state index contributed by atoms with van der Waals surface area (Å²) in [4.78, 5) is 14.2. The molecule has 21 heavy (non-hydrogen) atoms. The average molecular weight is 306 g/mol. The Balaban J connectivity index is 1.78. The number of benzene rings is 1. The number of hydrogen-bond donors (Lipinski definition) is 1. The van der Waals surface area contributed by atoms with Crippen LogP contribution in [0.1, 0.15) is 30.1 Å². The average Bonchev–Trinajstić information content (AvgIpc) is 3.11. The number of carbonyl (C=O) groups is 1. The third-order valence-electron chi connectivity index (χ3n) is 4.24. The largest absolute Gasteiger partial charge is 0.496 e. The number of amides is 1. The van der Waals surface area contributed by atoms with Crippen LogP contribution in [0.4, 0.5) is 0 Å². The molecule has 0 saturated carbocycles. The maximum absolute atomic E-state index is 12.2. The molecule has 4 nitrogen and oxygen atoms in total. The number of ether oxygens (including phenoxy) is 1. The number of carbonyl (C=O) groups excluding carboxylic acids is 1. The second-order valence-corrected chi connectivity index (χ2v) is 7.10. The van der Waals surface area contributed by atoms with Gasteiger partial charge in [0.15, 0.2) is 0 Å². The first-order valence-corrected chi connectivity index (χ1v) is 8.53. The fraction of sp³-hybridized carbons (Fsp3) is 0.562. The second-order valence-electron chi connectivity index (χ2n) is 5.69. The summed E-state index contributed by atoms with van der Waals surface area (Å²) in [6.07, 6.45) is 2.50. The van der Waals surface area contributed by atoms with Gasteiger partial charge in [-0.25, -0.2) is 0 Å². The van der Waals surface area contributed by atoms with Crippen molar-refractivity contribution in [2.75, 3.05) is 26.0 Å². The van der Waals surface area contributed by atoms with E-state index >= 15 is 0 Å². The molecule has 5 heteroatoms. The van der Waals surface area contributed by atoms with Crippen molar-refractivity contribution in [1.29, 1.82) is 0 Å². The third-order valence-corrected chi connectivity index (χ3v) is 5.62. The Morgan fingerprint density at radius 3 is 3.00 bits per heavy atom. The molecule has 1 amide bonds. The molecule has 2 aliphatic heterocycles. The molecule has 0 aliphatic carbocycles. The molecule has 0 bridgehead atoms. The monoisotopic (exact) mass is 306 g/mol. The predicted molar refractivity (Wildman–Crippen MR) is 85.7 cm³/mol. The molecule has 0 spiro atoms. The first-order chi connectivity index (χ1) is 10.2. The molecule has 3 rings (SSSR count). The van der Waals surface area contributed by atoms with E-state index in [1.165, 1.54) is 18.6 Å². The number of nitrogens with one attached hydrogen (secondary N) is 1. The molecule has 114 valence electrons. The highest BCUT2D eigenvalue weighted by molar-refractivity contribution is 8.00. The van der Waals surface area contributed by atoms with Gasteiger partial charge in [0.25, 0.3) is 0 Å². The van der Waals surface area contributed by atoms with Crippen molar-refractivity contribution >= 4 is 17.7 Å². The van der Waals surface area contributed by atoms with E-state index in [2.05, 4.69) is 17.4 Å². The van der Waals surface area contributed by atoms with Gasteiger partial charge in [0, 0.05) is 11.8 Å². The minimum atomic E-state index is 0.00306. The number of aryl methyl sites for hydroxylation is 1. The molecule has 0 radical (unpaired) electrons. The number of thioether (sulfide) groups is 1. The summed E-state index contributed by atoms with van der Waals surface area (Å²) in [5.41, 5.74) is 2.24. The van der Waals surface area contributed by atoms with Crippen LogP contribution in [-0.2, 0) is 4.79 Å². The van der Waals surface area contributed by atoms with Crippen molar-refractivity contribution in [3.63, 3.8) is 0 Å². The summed E-state index contributed by atoms with van der Waals surface area (Å²) < 4.78 is 5.31. The molecular weight excluding hydrogens is 284 g/mol. The van der Waals surface area contributed by atoms with E-state index in [4.69, 9.17) is 4.74 Å². The Labute approximate surface area is 130 Å². The number of nitrogens with zero attached hydrogens (tertiary/aromatic N) is 1. The number of methoxy groups -OCH3 is 1. The normalized spacial score (nSPS) is 25.6. The van der Waals surface area contributed by atoms with E-state index in [1.807, 2.05) is 29.7 Å². The Morgan fingerprint density at radius 2 is 2.33 bits per heavy atom. The summed E-state index contributed by atoms with van der Waals surface area (Å²) in [7, 11) is 1.68. The Bertz CT molecular complexity index is 529. The first kappa shape index (κ1) is 14.7. The van der Waals surface area contributed by atoms with Crippen LogP contribution in [0.2, 0.25) is 0 Å². The smallest absolute Gasteiger partial charge is 0.238 e. The lowest BCUT2D eigenvalue weighted by Gasteiger charge is -2.27. The Hall–Kier alpha value is -1.20. The first-order valence-electron chi connectivity index (χ1n) is 7.48. The van der Waals surface area contributed by atoms with E-state index in [-0.39, 0.29) is 12.1 Å². The second kappa shape index (κ2) is 6.28. The summed E-state index contributed by atoms with van der Waals surface area (Å²) >= 11 is 2.00. The van der Waals surface area contributed by atoms with Crippen molar-refractivity contribution in [3.05, 3.63) is 29.3 Å². The lowest BCUT2D eigenvalue weighted by molar-refractivity contribution is -0.128. The van der Waals surface area contributed by atoms with Crippen LogP contribution in [0.25, 0.3) is 0 Å². The van der Waals surface area contributed by atoms with E-state index < -0.39 is 0 Å². The maximum atomic E-state index is 12.2. The predicted octanol–water partition coefficient (Wildman–Crippen LogP) is 2.33. The van der Waals surface area contributed by atoms with Crippen molar-refractivity contribution < 1.29 is 9.53 Å². The van der Waals surface area contributed by atoms with Gasteiger partial charge >= 0.3 is 0 Å². The number of hydrogen-bond acceptors (Lipinski definition) is 4. The molecular formula is C16H22N2O2S. The van der Waals surface area contributed by atoms with Gasteiger partial charge in [-0.05, 0) is 48.8 Å². The van der Waals surface area contributed by atoms with Gasteiger partial charge in [-0.1, -0.05) is 6.07 Å². The molecule has 1 aromatic rings. The standard InChI is InChI=1S/C16H22N2O2S/c1-11-8-12(5-6-14(11)20-2)16-17-9-15(19)18(16)10-13-4-3-7-21-13/h5-6,8,13,16-17H,3-4,7,9-10H2,1-2H3. The topological polar surface area (TPSA) is 41.6 Å². The van der Waals surface area contributed by atoms with Crippen LogP contribution in [0.5, 0.6) is 5.75 Å². The van der Waals surface area contributed by atoms with Gasteiger partial charge < -0.3 is 9.64 Å². The van der Waals surface area contributed by atoms with Gasteiger partial charge in [-0.15, -0.1) is 0 Å². The zero-order valence-electron chi connectivity index (χ0n) is 12.6. The molecule has 2 unspecified atom stereocenters. The molecule has 2 fully saturated rings. The van der Waals surface area contributed by atoms with Gasteiger partial charge in [0.05, 0.1) is 13.7 Å². The number of rotatable bonds is 4. The quantitative estimate of drug-likeness (QED) is 0.927. The van der Waals surface area contributed by atoms with Crippen LogP contribution in [-0.4, -0.2) is 42.0 Å². The van der Waals surface area contributed by atoms with E-state index in [9.17, 15) is 4.79 Å². The van der Waals surface area contributed by atoms with Crippen LogP contribution in [0.3, 0.4) is 0 Å². The maximum Gasteiger partial charge on any atom is 0.238 e. The Kier molecular flexibility index (Phi) is 4.40. The summed E-state index contributed by atoms with van der Waals surface area (Å²) in [5.74, 6) is 2.33. The van der Waals surface area contributed by atoms with Crippen molar-refractivity contribution in [2.45, 2.75) is 31.2 Å². The zero-order chi connectivity index (χ0) is 14.8. The minimum Gasteiger partial charge on any atom is -0.496 e. The highest BCUT2D eigenvalue weighted by atomic mass is 32.2. The van der Waals surface area contributed by atoms with Gasteiger partial charge in [0.1, 0.15) is 11.9 Å². The minimum absolute atomic E-state index is 0.00306. The lowest BCUT2D eigenvalue weighted by atomic mass is 10.1.